The van der Waals surface area contributed by atoms with Crippen molar-refractivity contribution in [1.82, 2.24) is 9.78 Å². The summed E-state index contributed by atoms with van der Waals surface area (Å²) >= 11 is 12.5. The molecule has 0 atom stereocenters. The van der Waals surface area contributed by atoms with E-state index >= 15 is 0 Å². The summed E-state index contributed by atoms with van der Waals surface area (Å²) in [5.41, 5.74) is 3.60. The zero-order valence-electron chi connectivity index (χ0n) is 13.1. The largest absolute Gasteiger partial charge is 0.370 e. The van der Waals surface area contributed by atoms with Crippen LogP contribution in [0.15, 0.2) is 18.2 Å². The topological polar surface area (TPSA) is 29.9 Å². The molecule has 0 spiro atoms. The number of nitrogens with zero attached hydrogens (tertiary/aromatic N) is 2. The molecule has 0 bridgehead atoms. The summed E-state index contributed by atoms with van der Waals surface area (Å²) in [6.45, 7) is 0.994. The zero-order chi connectivity index (χ0) is 15.8. The third-order valence-corrected chi connectivity index (χ3v) is 5.58. The van der Waals surface area contributed by atoms with E-state index in [1.807, 2.05) is 16.8 Å². The van der Waals surface area contributed by atoms with Crippen LogP contribution in [0, 0.1) is 0 Å². The Morgan fingerprint density at radius 2 is 1.91 bits per heavy atom. The molecule has 2 aliphatic rings. The van der Waals surface area contributed by atoms with Gasteiger partial charge < -0.3 is 5.32 Å². The third-order valence-electron chi connectivity index (χ3n) is 5.04. The SMILES string of the molecule is Clc1ccc(-n2nc(C3CCCC3)c3c2NCCCC3)c(Cl)c1. The lowest BCUT2D eigenvalue weighted by molar-refractivity contribution is 0.664. The van der Waals surface area contributed by atoms with Gasteiger partial charge in [-0.05, 0) is 50.3 Å². The Morgan fingerprint density at radius 3 is 2.70 bits per heavy atom. The van der Waals surface area contributed by atoms with Crippen molar-refractivity contribution in [3.63, 3.8) is 0 Å². The molecule has 1 aromatic carbocycles. The molecule has 122 valence electrons. The first-order valence-corrected chi connectivity index (χ1v) is 9.31. The van der Waals surface area contributed by atoms with Gasteiger partial charge in [0, 0.05) is 23.0 Å². The minimum atomic E-state index is 0.607. The van der Waals surface area contributed by atoms with E-state index in [9.17, 15) is 0 Å². The molecule has 3 nitrogen and oxygen atoms in total. The van der Waals surface area contributed by atoms with Gasteiger partial charge in [-0.15, -0.1) is 0 Å². The monoisotopic (exact) mass is 349 g/mol. The molecule has 0 saturated heterocycles. The molecule has 2 aromatic rings. The van der Waals surface area contributed by atoms with Gasteiger partial charge >= 0.3 is 0 Å². The minimum Gasteiger partial charge on any atom is -0.370 e. The van der Waals surface area contributed by atoms with E-state index in [4.69, 9.17) is 28.3 Å². The van der Waals surface area contributed by atoms with Gasteiger partial charge in [0.25, 0.3) is 0 Å². The molecule has 5 heteroatoms. The molecule has 1 aliphatic carbocycles. The van der Waals surface area contributed by atoms with Crippen LogP contribution in [0.25, 0.3) is 5.69 Å². The number of benzene rings is 1. The minimum absolute atomic E-state index is 0.607. The van der Waals surface area contributed by atoms with Gasteiger partial charge in [0.1, 0.15) is 5.82 Å². The predicted molar refractivity (Wildman–Crippen MR) is 96.2 cm³/mol. The van der Waals surface area contributed by atoms with E-state index in [1.165, 1.54) is 49.8 Å². The molecule has 1 aliphatic heterocycles. The van der Waals surface area contributed by atoms with Crippen molar-refractivity contribution >= 4 is 29.0 Å². The highest BCUT2D eigenvalue weighted by molar-refractivity contribution is 6.35. The Labute approximate surface area is 147 Å². The highest BCUT2D eigenvalue weighted by Crippen LogP contribution is 2.40. The number of anilines is 1. The van der Waals surface area contributed by atoms with Crippen molar-refractivity contribution in [3.8, 4) is 5.69 Å². The Bertz CT molecular complexity index is 717. The van der Waals surface area contributed by atoms with Crippen molar-refractivity contribution in [1.29, 1.82) is 0 Å². The van der Waals surface area contributed by atoms with Gasteiger partial charge in [0.05, 0.1) is 16.4 Å². The number of aromatic nitrogens is 2. The van der Waals surface area contributed by atoms with E-state index < -0.39 is 0 Å². The second kappa shape index (κ2) is 6.37. The average Bonchev–Trinajstić information content (AvgIpc) is 3.10. The van der Waals surface area contributed by atoms with E-state index in [0.717, 1.165) is 24.5 Å². The highest BCUT2D eigenvalue weighted by Gasteiger charge is 2.28. The first kappa shape index (κ1) is 15.3. The van der Waals surface area contributed by atoms with Gasteiger partial charge in [-0.1, -0.05) is 36.0 Å². The molecular weight excluding hydrogens is 329 g/mol. The maximum Gasteiger partial charge on any atom is 0.133 e. The van der Waals surface area contributed by atoms with Crippen LogP contribution in [0.4, 0.5) is 5.82 Å². The lowest BCUT2D eigenvalue weighted by atomic mass is 9.97. The Morgan fingerprint density at radius 1 is 1.09 bits per heavy atom. The van der Waals surface area contributed by atoms with Gasteiger partial charge in [0.15, 0.2) is 0 Å². The number of fused-ring (bicyclic) bond motifs is 1. The fourth-order valence-corrected chi connectivity index (χ4v) is 4.37. The van der Waals surface area contributed by atoms with Crippen molar-refractivity contribution in [2.45, 2.75) is 50.9 Å². The molecule has 1 saturated carbocycles. The number of rotatable bonds is 2. The first-order chi connectivity index (χ1) is 11.2. The highest BCUT2D eigenvalue weighted by atomic mass is 35.5. The van der Waals surface area contributed by atoms with Crippen LogP contribution < -0.4 is 5.32 Å². The molecule has 23 heavy (non-hydrogen) atoms. The molecule has 0 unspecified atom stereocenters. The molecular formula is C18H21Cl2N3. The normalized spacial score (nSPS) is 18.5. The summed E-state index contributed by atoms with van der Waals surface area (Å²) in [6, 6.07) is 5.63. The fourth-order valence-electron chi connectivity index (χ4n) is 3.88. The molecule has 1 fully saturated rings. The summed E-state index contributed by atoms with van der Waals surface area (Å²) in [6.07, 6.45) is 8.70. The molecule has 0 radical (unpaired) electrons. The van der Waals surface area contributed by atoms with Crippen LogP contribution in [-0.2, 0) is 6.42 Å². The van der Waals surface area contributed by atoms with Crippen molar-refractivity contribution in [3.05, 3.63) is 39.5 Å². The van der Waals surface area contributed by atoms with Crippen LogP contribution in [0.1, 0.15) is 55.7 Å². The Kier molecular flexibility index (Phi) is 4.25. The van der Waals surface area contributed by atoms with Gasteiger partial charge in [-0.2, -0.15) is 5.10 Å². The zero-order valence-corrected chi connectivity index (χ0v) is 14.6. The van der Waals surface area contributed by atoms with E-state index in [2.05, 4.69) is 5.32 Å². The average molecular weight is 350 g/mol. The third kappa shape index (κ3) is 2.85. The number of halogens is 2. The smallest absolute Gasteiger partial charge is 0.133 e. The fraction of sp³-hybridized carbons (Fsp3) is 0.500. The van der Waals surface area contributed by atoms with Crippen molar-refractivity contribution < 1.29 is 0 Å². The Balaban J connectivity index is 1.85. The van der Waals surface area contributed by atoms with E-state index in [0.29, 0.717) is 16.0 Å². The molecule has 2 heterocycles. The van der Waals surface area contributed by atoms with Crippen LogP contribution >= 0.6 is 23.2 Å². The van der Waals surface area contributed by atoms with Gasteiger partial charge in [-0.3, -0.25) is 0 Å². The van der Waals surface area contributed by atoms with Crippen LogP contribution in [0.5, 0.6) is 0 Å². The quantitative estimate of drug-likeness (QED) is 0.766. The summed E-state index contributed by atoms with van der Waals surface area (Å²) in [4.78, 5) is 0. The second-order valence-corrected chi connectivity index (χ2v) is 7.43. The molecule has 1 aromatic heterocycles. The summed E-state index contributed by atoms with van der Waals surface area (Å²) < 4.78 is 2.01. The maximum atomic E-state index is 6.44. The van der Waals surface area contributed by atoms with Gasteiger partial charge in [0.2, 0.25) is 0 Å². The standard InChI is InChI=1S/C18H21Cl2N3/c19-13-8-9-16(15(20)11-13)23-18-14(7-3-4-10-21-18)17(22-23)12-5-1-2-6-12/h8-9,11-12,21H,1-7,10H2. The van der Waals surface area contributed by atoms with Crippen LogP contribution in [-0.4, -0.2) is 16.3 Å². The van der Waals surface area contributed by atoms with Crippen LogP contribution in [0.3, 0.4) is 0 Å². The summed E-state index contributed by atoms with van der Waals surface area (Å²) in [7, 11) is 0. The number of nitrogens with one attached hydrogen (secondary N) is 1. The first-order valence-electron chi connectivity index (χ1n) is 8.55. The number of hydrogen-bond donors (Lipinski definition) is 1. The van der Waals surface area contributed by atoms with Crippen molar-refractivity contribution in [2.75, 3.05) is 11.9 Å². The summed E-state index contributed by atoms with van der Waals surface area (Å²) in [5, 5.41) is 9.89. The van der Waals surface area contributed by atoms with Crippen molar-refractivity contribution in [2.24, 2.45) is 0 Å². The Hall–Kier alpha value is -1.19. The molecule has 1 N–H and O–H groups in total. The molecule has 4 rings (SSSR count). The molecule has 0 amide bonds. The lowest BCUT2D eigenvalue weighted by Crippen LogP contribution is -2.07. The lowest BCUT2D eigenvalue weighted by Gasteiger charge is -2.11. The predicted octanol–water partition coefficient (Wildman–Crippen LogP) is 5.58. The summed E-state index contributed by atoms with van der Waals surface area (Å²) in [5.74, 6) is 1.74. The van der Waals surface area contributed by atoms with Crippen LogP contribution in [0.2, 0.25) is 10.0 Å². The number of hydrogen-bond acceptors (Lipinski definition) is 2. The van der Waals surface area contributed by atoms with E-state index in [1.54, 1.807) is 6.07 Å². The van der Waals surface area contributed by atoms with Gasteiger partial charge in [-0.25, -0.2) is 4.68 Å². The maximum absolute atomic E-state index is 6.44. The second-order valence-electron chi connectivity index (χ2n) is 6.59. The van der Waals surface area contributed by atoms with E-state index in [-0.39, 0.29) is 0 Å².